The zero-order valence-corrected chi connectivity index (χ0v) is 18.7. The van der Waals surface area contributed by atoms with Crippen LogP contribution in [-0.4, -0.2) is 46.1 Å². The van der Waals surface area contributed by atoms with Gasteiger partial charge in [0.25, 0.3) is 0 Å². The van der Waals surface area contributed by atoms with Crippen LogP contribution in [-0.2, 0) is 19.1 Å². The Morgan fingerprint density at radius 1 is 1.24 bits per heavy atom. The summed E-state index contributed by atoms with van der Waals surface area (Å²) in [5.74, 6) is 1.64. The number of pyridine rings is 1. The third kappa shape index (κ3) is 4.32. The lowest BCUT2D eigenvalue weighted by atomic mass is 9.74. The van der Waals surface area contributed by atoms with Gasteiger partial charge in [0.05, 0.1) is 18.4 Å². The number of rotatable bonds is 5. The molecule has 1 aliphatic heterocycles. The van der Waals surface area contributed by atoms with E-state index in [1.807, 2.05) is 17.8 Å². The van der Waals surface area contributed by atoms with Crippen LogP contribution in [0.4, 0.5) is 17.6 Å². The fourth-order valence-electron chi connectivity index (χ4n) is 4.39. The molecule has 0 saturated carbocycles. The first-order valence-electron chi connectivity index (χ1n) is 10.3. The van der Waals surface area contributed by atoms with Crippen LogP contribution in [0.15, 0.2) is 48.3 Å². The van der Waals surface area contributed by atoms with Gasteiger partial charge in [0.2, 0.25) is 0 Å². The van der Waals surface area contributed by atoms with Gasteiger partial charge in [-0.2, -0.15) is 26.7 Å². The Morgan fingerprint density at radius 3 is 2.53 bits per heavy atom. The third-order valence-corrected chi connectivity index (χ3v) is 7.30. The molecule has 13 heteroatoms. The van der Waals surface area contributed by atoms with Gasteiger partial charge in [-0.25, -0.2) is 18.9 Å². The summed E-state index contributed by atoms with van der Waals surface area (Å²) in [4.78, 5) is 18.1. The molecule has 2 atom stereocenters. The van der Waals surface area contributed by atoms with Crippen molar-refractivity contribution in [2.75, 3.05) is 6.54 Å². The minimum absolute atomic E-state index is 0.0562. The molecule has 1 saturated heterocycles. The lowest BCUT2D eigenvalue weighted by Crippen LogP contribution is -2.30. The minimum Gasteiger partial charge on any atom is -0.381 e. The maximum atomic E-state index is 13.2. The van der Waals surface area contributed by atoms with Crippen LogP contribution in [0.3, 0.4) is 0 Å². The average Bonchev–Trinajstić information content (AvgIpc) is 3.38. The first-order valence-corrected chi connectivity index (χ1v) is 11.8. The van der Waals surface area contributed by atoms with Gasteiger partial charge in [-0.05, 0) is 43.9 Å². The van der Waals surface area contributed by atoms with Gasteiger partial charge >= 0.3 is 15.6 Å². The second-order valence-electron chi connectivity index (χ2n) is 8.26. The summed E-state index contributed by atoms with van der Waals surface area (Å²) in [6, 6.07) is 3.19. The largest absolute Gasteiger partial charge is 0.534 e. The Bertz CT molecular complexity index is 1270. The number of allylic oxidation sites excluding steroid dienone is 3. The molecule has 1 aliphatic carbocycles. The van der Waals surface area contributed by atoms with Crippen molar-refractivity contribution in [2.24, 2.45) is 5.41 Å². The molecule has 1 fully saturated rings. The fourth-order valence-corrected chi connectivity index (χ4v) is 4.92. The van der Waals surface area contributed by atoms with Crippen LogP contribution >= 0.6 is 0 Å². The van der Waals surface area contributed by atoms with Crippen LogP contribution in [0.1, 0.15) is 44.2 Å². The van der Waals surface area contributed by atoms with Crippen molar-refractivity contribution in [3.05, 3.63) is 59.6 Å². The van der Waals surface area contributed by atoms with Gasteiger partial charge in [0, 0.05) is 24.6 Å². The second-order valence-corrected chi connectivity index (χ2v) is 9.80. The van der Waals surface area contributed by atoms with Gasteiger partial charge in [0.1, 0.15) is 17.4 Å². The minimum atomic E-state index is -5.73. The predicted octanol–water partition coefficient (Wildman–Crippen LogP) is 3.81. The number of hydrogen-bond donors (Lipinski definition) is 0. The fraction of sp³-hybridized carbons (Fsp3) is 0.429. The molecule has 0 N–H and O–H groups in total. The van der Waals surface area contributed by atoms with Crippen molar-refractivity contribution < 1.29 is 35.0 Å². The Labute approximate surface area is 192 Å². The molecule has 2 aliphatic rings. The lowest BCUT2D eigenvalue weighted by molar-refractivity contribution is -0.0525. The van der Waals surface area contributed by atoms with E-state index >= 15 is 0 Å². The summed E-state index contributed by atoms with van der Waals surface area (Å²) in [5, 5.41) is 3.86. The van der Waals surface area contributed by atoms with Crippen LogP contribution in [0.25, 0.3) is 5.82 Å². The molecule has 182 valence electrons. The van der Waals surface area contributed by atoms with Crippen molar-refractivity contribution in [3.8, 4) is 5.82 Å². The van der Waals surface area contributed by atoms with E-state index in [0.717, 1.165) is 11.8 Å². The number of carbonyl (C=O) groups excluding carboxylic acids is 1. The zero-order chi connectivity index (χ0) is 24.7. The highest BCUT2D eigenvalue weighted by Gasteiger charge is 2.50. The molecule has 2 aromatic heterocycles. The van der Waals surface area contributed by atoms with E-state index in [2.05, 4.69) is 14.3 Å². The summed E-state index contributed by atoms with van der Waals surface area (Å²) >= 11 is 0. The Balaban J connectivity index is 1.49. The van der Waals surface area contributed by atoms with E-state index in [4.69, 9.17) is 0 Å². The predicted molar refractivity (Wildman–Crippen MR) is 111 cm³/mol. The monoisotopic (exact) mass is 500 g/mol. The standard InChI is InChI=1S/C21H20F4N4O4S/c1-14(15-2-3-19(26-10-15)29-12-16(22)11-27-29)28-9-8-20(18(28)13-30)6-4-17(5-7-20)33-34(31,32)21(23,24)25/h2-4,10-12,14H,5-9H2,1H3. The first kappa shape index (κ1) is 24.0. The number of nitrogens with zero attached hydrogens (tertiary/aromatic N) is 4. The molecular formula is C21H20F4N4O4S. The quantitative estimate of drug-likeness (QED) is 0.267. The van der Waals surface area contributed by atoms with E-state index in [1.54, 1.807) is 18.3 Å². The van der Waals surface area contributed by atoms with Gasteiger partial charge in [-0.1, -0.05) is 6.07 Å². The van der Waals surface area contributed by atoms with Crippen LogP contribution < -0.4 is 0 Å². The molecule has 0 radical (unpaired) electrons. The Kier molecular flexibility index (Phi) is 6.03. The molecule has 34 heavy (non-hydrogen) atoms. The summed E-state index contributed by atoms with van der Waals surface area (Å²) in [6.07, 6.45) is 6.07. The molecule has 0 bridgehead atoms. The van der Waals surface area contributed by atoms with E-state index in [9.17, 15) is 30.8 Å². The number of likely N-dealkylation sites (tertiary alicyclic amines) is 1. The molecule has 0 amide bonds. The van der Waals surface area contributed by atoms with Crippen molar-refractivity contribution in [3.63, 3.8) is 0 Å². The number of aromatic nitrogens is 3. The number of alkyl halides is 3. The third-order valence-electron chi connectivity index (χ3n) is 6.29. The van der Waals surface area contributed by atoms with E-state index in [0.29, 0.717) is 24.5 Å². The summed E-state index contributed by atoms with van der Waals surface area (Å²) < 4.78 is 79.1. The topological polar surface area (TPSA) is 94.4 Å². The molecule has 2 unspecified atom stereocenters. The van der Waals surface area contributed by atoms with Gasteiger partial charge in [0.15, 0.2) is 11.6 Å². The summed E-state index contributed by atoms with van der Waals surface area (Å²) in [5.41, 5.74) is -5.00. The second kappa shape index (κ2) is 8.55. The Morgan fingerprint density at radius 2 is 2.00 bits per heavy atom. The van der Waals surface area contributed by atoms with Gasteiger partial charge in [-0.3, -0.25) is 0 Å². The van der Waals surface area contributed by atoms with Crippen molar-refractivity contribution in [2.45, 2.75) is 44.2 Å². The maximum absolute atomic E-state index is 13.2. The first-order chi connectivity index (χ1) is 16.0. The molecule has 8 nitrogen and oxygen atoms in total. The zero-order valence-electron chi connectivity index (χ0n) is 17.9. The molecular weight excluding hydrogens is 480 g/mol. The van der Waals surface area contributed by atoms with E-state index < -0.39 is 26.9 Å². The number of hydrogen-bond acceptors (Lipinski definition) is 7. The summed E-state index contributed by atoms with van der Waals surface area (Å²) in [6.45, 7) is 2.38. The van der Waals surface area contributed by atoms with E-state index in [-0.39, 0.29) is 31.1 Å². The molecule has 3 heterocycles. The Hall–Kier alpha value is -3.18. The maximum Gasteiger partial charge on any atom is 0.534 e. The van der Waals surface area contributed by atoms with Crippen LogP contribution in [0, 0.1) is 11.2 Å². The molecule has 2 aromatic rings. The highest BCUT2D eigenvalue weighted by molar-refractivity contribution is 7.87. The normalized spacial score (nSPS) is 22.0. The average molecular weight is 500 g/mol. The van der Waals surface area contributed by atoms with Crippen LogP contribution in [0.2, 0.25) is 0 Å². The van der Waals surface area contributed by atoms with Crippen molar-refractivity contribution >= 4 is 16.1 Å². The van der Waals surface area contributed by atoms with Gasteiger partial charge in [-0.15, -0.1) is 0 Å². The molecule has 1 spiro atoms. The highest BCUT2D eigenvalue weighted by Crippen LogP contribution is 2.51. The van der Waals surface area contributed by atoms with Gasteiger partial charge < -0.3 is 9.08 Å². The van der Waals surface area contributed by atoms with Crippen molar-refractivity contribution in [1.29, 1.82) is 0 Å². The van der Waals surface area contributed by atoms with Crippen LogP contribution in [0.5, 0.6) is 0 Å². The van der Waals surface area contributed by atoms with E-state index in [1.165, 1.54) is 17.0 Å². The number of halogens is 4. The highest BCUT2D eigenvalue weighted by atomic mass is 32.2. The lowest BCUT2D eigenvalue weighted by Gasteiger charge is -2.34. The van der Waals surface area contributed by atoms with Crippen molar-refractivity contribution in [1.82, 2.24) is 19.7 Å². The summed E-state index contributed by atoms with van der Waals surface area (Å²) in [7, 11) is -5.73. The SMILES string of the molecule is CC(c1ccc(-n2cc(F)cn2)nc1)N1CCC2(CC=C(OS(=O)(=O)C(F)(F)F)CC2)C1=C=O. The smallest absolute Gasteiger partial charge is 0.381 e. The molecule has 0 aromatic carbocycles. The molecule has 4 rings (SSSR count).